The van der Waals surface area contributed by atoms with Gasteiger partial charge in [-0.25, -0.2) is 0 Å². The molecule has 0 bridgehead atoms. The minimum atomic E-state index is 0.593. The van der Waals surface area contributed by atoms with Gasteiger partial charge in [0.1, 0.15) is 0 Å². The van der Waals surface area contributed by atoms with Gasteiger partial charge in [-0.3, -0.25) is 0 Å². The zero-order valence-electron chi connectivity index (χ0n) is 9.38. The lowest BCUT2D eigenvalue weighted by Gasteiger charge is -2.49. The highest BCUT2D eigenvalue weighted by Gasteiger charge is 2.44. The van der Waals surface area contributed by atoms with Crippen molar-refractivity contribution in [3.63, 3.8) is 0 Å². The van der Waals surface area contributed by atoms with Gasteiger partial charge in [0.15, 0.2) is 0 Å². The molecule has 0 radical (unpaired) electrons. The molecule has 82 valence electrons. The average Bonchev–Trinajstić information content (AvgIpc) is 2.65. The van der Waals surface area contributed by atoms with Crippen molar-refractivity contribution in [3.05, 3.63) is 21.9 Å². The van der Waals surface area contributed by atoms with E-state index in [0.717, 1.165) is 0 Å². The van der Waals surface area contributed by atoms with Crippen LogP contribution in [-0.4, -0.2) is 6.54 Å². The molecular weight excluding hydrogens is 202 g/mol. The summed E-state index contributed by atoms with van der Waals surface area (Å²) >= 11 is 1.95. The summed E-state index contributed by atoms with van der Waals surface area (Å²) in [6, 6.07) is 3.01. The predicted molar refractivity (Wildman–Crippen MR) is 65.3 cm³/mol. The van der Waals surface area contributed by atoms with Gasteiger partial charge in [0, 0.05) is 17.5 Å². The molecule has 15 heavy (non-hydrogen) atoms. The number of rotatable bonds is 2. The molecule has 2 heteroatoms. The molecule has 0 saturated heterocycles. The van der Waals surface area contributed by atoms with Gasteiger partial charge < -0.3 is 5.32 Å². The molecule has 1 aromatic rings. The van der Waals surface area contributed by atoms with E-state index in [9.17, 15) is 0 Å². The molecule has 1 N–H and O–H groups in total. The van der Waals surface area contributed by atoms with E-state index < -0.39 is 0 Å². The summed E-state index contributed by atoms with van der Waals surface area (Å²) in [6.45, 7) is 3.54. The van der Waals surface area contributed by atoms with E-state index in [1.54, 1.807) is 10.4 Å². The van der Waals surface area contributed by atoms with E-state index in [0.29, 0.717) is 11.5 Å². The number of hydrogen-bond donors (Lipinski definition) is 1. The van der Waals surface area contributed by atoms with E-state index in [1.165, 1.54) is 38.6 Å². The fraction of sp³-hybridized carbons (Fsp3) is 0.692. The standard InChI is InChI=1S/C13H19NS/c1-2-13(6-3-7-13)12-10-5-9-15-11(10)4-8-14-12/h5,9,12,14H,2-4,6-8H2,1H3. The molecule has 1 nitrogen and oxygen atoms in total. The summed E-state index contributed by atoms with van der Waals surface area (Å²) in [7, 11) is 0. The molecule has 1 aliphatic carbocycles. The lowest BCUT2D eigenvalue weighted by Crippen LogP contribution is -2.45. The van der Waals surface area contributed by atoms with E-state index >= 15 is 0 Å². The van der Waals surface area contributed by atoms with Crippen molar-refractivity contribution in [2.75, 3.05) is 6.54 Å². The minimum absolute atomic E-state index is 0.593. The van der Waals surface area contributed by atoms with Crippen molar-refractivity contribution in [3.8, 4) is 0 Å². The van der Waals surface area contributed by atoms with Crippen LogP contribution in [0, 0.1) is 5.41 Å². The normalized spacial score (nSPS) is 28.2. The van der Waals surface area contributed by atoms with Gasteiger partial charge in [-0.05, 0) is 48.1 Å². The van der Waals surface area contributed by atoms with Gasteiger partial charge in [0.25, 0.3) is 0 Å². The van der Waals surface area contributed by atoms with Crippen molar-refractivity contribution in [1.29, 1.82) is 0 Å². The third kappa shape index (κ3) is 1.38. The van der Waals surface area contributed by atoms with Crippen molar-refractivity contribution in [2.45, 2.75) is 45.1 Å². The second-order valence-corrected chi connectivity index (χ2v) is 6.01. The number of thiophene rings is 1. The van der Waals surface area contributed by atoms with E-state index in [-0.39, 0.29) is 0 Å². The highest BCUT2D eigenvalue weighted by atomic mass is 32.1. The minimum Gasteiger partial charge on any atom is -0.309 e. The molecule has 3 rings (SSSR count). The van der Waals surface area contributed by atoms with Crippen molar-refractivity contribution in [1.82, 2.24) is 5.32 Å². The first-order valence-corrected chi connectivity index (χ1v) is 7.03. The average molecular weight is 221 g/mol. The van der Waals surface area contributed by atoms with E-state index in [1.807, 2.05) is 11.3 Å². The molecule has 2 aliphatic rings. The fourth-order valence-electron chi connectivity index (χ4n) is 3.27. The predicted octanol–water partition coefficient (Wildman–Crippen LogP) is 3.52. The SMILES string of the molecule is CCC1(C2NCCc3sccc32)CCC1. The highest BCUT2D eigenvalue weighted by molar-refractivity contribution is 7.10. The monoisotopic (exact) mass is 221 g/mol. The second-order valence-electron chi connectivity index (χ2n) is 5.01. The van der Waals surface area contributed by atoms with Crippen LogP contribution in [0.3, 0.4) is 0 Å². The summed E-state index contributed by atoms with van der Waals surface area (Å²) in [5, 5.41) is 6.03. The first-order valence-electron chi connectivity index (χ1n) is 6.15. The van der Waals surface area contributed by atoms with Crippen molar-refractivity contribution >= 4 is 11.3 Å². The molecule has 0 amide bonds. The van der Waals surface area contributed by atoms with E-state index in [4.69, 9.17) is 0 Å². The van der Waals surface area contributed by atoms with E-state index in [2.05, 4.69) is 23.7 Å². The zero-order valence-corrected chi connectivity index (χ0v) is 10.2. The number of fused-ring (bicyclic) bond motifs is 1. The third-order valence-electron chi connectivity index (χ3n) is 4.46. The molecule has 2 heterocycles. The van der Waals surface area contributed by atoms with Crippen molar-refractivity contribution in [2.24, 2.45) is 5.41 Å². The molecule has 1 saturated carbocycles. The van der Waals surface area contributed by atoms with Crippen LogP contribution >= 0.6 is 11.3 Å². The molecule has 1 aliphatic heterocycles. The molecule has 1 atom stereocenters. The Morgan fingerprint density at radius 3 is 3.07 bits per heavy atom. The van der Waals surface area contributed by atoms with Gasteiger partial charge in [0.05, 0.1) is 0 Å². The van der Waals surface area contributed by atoms with Gasteiger partial charge in [0.2, 0.25) is 0 Å². The van der Waals surface area contributed by atoms with Crippen LogP contribution in [-0.2, 0) is 6.42 Å². The maximum Gasteiger partial charge on any atom is 0.0388 e. The highest BCUT2D eigenvalue weighted by Crippen LogP contribution is 2.54. The van der Waals surface area contributed by atoms with Crippen molar-refractivity contribution < 1.29 is 0 Å². The molecule has 1 aromatic heterocycles. The number of nitrogens with one attached hydrogen (secondary N) is 1. The summed E-state index contributed by atoms with van der Waals surface area (Å²) in [5.41, 5.74) is 2.21. The van der Waals surface area contributed by atoms with Crippen LogP contribution in [0.15, 0.2) is 11.4 Å². The molecule has 0 aromatic carbocycles. The van der Waals surface area contributed by atoms with Crippen LogP contribution in [0.25, 0.3) is 0 Å². The first kappa shape index (κ1) is 9.86. The van der Waals surface area contributed by atoms with Gasteiger partial charge >= 0.3 is 0 Å². The fourth-order valence-corrected chi connectivity index (χ4v) is 4.20. The Bertz CT molecular complexity index is 346. The lowest BCUT2D eigenvalue weighted by atomic mass is 9.60. The zero-order chi connectivity index (χ0) is 10.3. The maximum absolute atomic E-state index is 3.76. The Kier molecular flexibility index (Phi) is 2.37. The Hall–Kier alpha value is -0.340. The maximum atomic E-state index is 3.76. The Labute approximate surface area is 95.9 Å². The first-order chi connectivity index (χ1) is 7.36. The second kappa shape index (κ2) is 3.60. The number of hydrogen-bond acceptors (Lipinski definition) is 2. The van der Waals surface area contributed by atoms with Gasteiger partial charge in [-0.2, -0.15) is 0 Å². The van der Waals surface area contributed by atoms with Crippen LogP contribution < -0.4 is 5.32 Å². The summed E-state index contributed by atoms with van der Waals surface area (Å²) in [6.07, 6.45) is 6.86. The third-order valence-corrected chi connectivity index (χ3v) is 5.45. The summed E-state index contributed by atoms with van der Waals surface area (Å²) in [4.78, 5) is 1.64. The van der Waals surface area contributed by atoms with Crippen LogP contribution in [0.2, 0.25) is 0 Å². The molecule has 1 fully saturated rings. The Morgan fingerprint density at radius 2 is 2.40 bits per heavy atom. The smallest absolute Gasteiger partial charge is 0.0388 e. The summed E-state index contributed by atoms with van der Waals surface area (Å²) < 4.78 is 0. The molecular formula is C13H19NS. The lowest BCUT2D eigenvalue weighted by molar-refractivity contribution is 0.0654. The van der Waals surface area contributed by atoms with Gasteiger partial charge in [-0.15, -0.1) is 11.3 Å². The Balaban J connectivity index is 1.95. The van der Waals surface area contributed by atoms with Gasteiger partial charge in [-0.1, -0.05) is 13.3 Å². The van der Waals surface area contributed by atoms with Crippen LogP contribution in [0.5, 0.6) is 0 Å². The van der Waals surface area contributed by atoms with Crippen LogP contribution in [0.4, 0.5) is 0 Å². The quantitative estimate of drug-likeness (QED) is 0.806. The van der Waals surface area contributed by atoms with Crippen LogP contribution in [0.1, 0.15) is 49.1 Å². The summed E-state index contributed by atoms with van der Waals surface area (Å²) in [5.74, 6) is 0. The molecule has 0 spiro atoms. The largest absolute Gasteiger partial charge is 0.309 e. The topological polar surface area (TPSA) is 12.0 Å². The molecule has 1 unspecified atom stereocenters. The Morgan fingerprint density at radius 1 is 1.53 bits per heavy atom.